The van der Waals surface area contributed by atoms with Crippen LogP contribution in [0.3, 0.4) is 0 Å². The van der Waals surface area contributed by atoms with Gasteiger partial charge in [0.1, 0.15) is 5.52 Å². The number of ketones is 1. The second-order valence-corrected chi connectivity index (χ2v) is 3.80. The van der Waals surface area contributed by atoms with Crippen LogP contribution in [0, 0.1) is 0 Å². The van der Waals surface area contributed by atoms with Crippen LogP contribution in [0.25, 0.3) is 11.2 Å². The van der Waals surface area contributed by atoms with Crippen LogP contribution < -0.4 is 0 Å². The molecule has 4 heteroatoms. The first-order valence-corrected chi connectivity index (χ1v) is 4.95. The van der Waals surface area contributed by atoms with Gasteiger partial charge in [-0.15, -0.1) is 0 Å². The van der Waals surface area contributed by atoms with E-state index in [9.17, 15) is 4.79 Å². The lowest BCUT2D eigenvalue weighted by molar-refractivity contribution is 0.0998. The molecule has 0 fully saturated rings. The summed E-state index contributed by atoms with van der Waals surface area (Å²) >= 11 is 0. The molecule has 0 spiro atoms. The molecule has 0 saturated heterocycles. The highest BCUT2D eigenvalue weighted by Crippen LogP contribution is 2.18. The van der Waals surface area contributed by atoms with Gasteiger partial charge < -0.3 is 4.57 Å². The zero-order chi connectivity index (χ0) is 11.0. The van der Waals surface area contributed by atoms with Gasteiger partial charge in [0.2, 0.25) is 0 Å². The van der Waals surface area contributed by atoms with E-state index in [0.29, 0.717) is 5.82 Å². The number of fused-ring (bicyclic) bond motifs is 1. The third kappa shape index (κ3) is 1.52. The monoisotopic (exact) mass is 203 g/mol. The molecule has 0 saturated carbocycles. The Hall–Kier alpha value is -1.71. The van der Waals surface area contributed by atoms with E-state index in [-0.39, 0.29) is 11.8 Å². The van der Waals surface area contributed by atoms with E-state index >= 15 is 0 Å². The molecule has 2 aromatic rings. The molecule has 0 amide bonds. The number of aromatic nitrogens is 3. The third-order valence-electron chi connectivity index (χ3n) is 2.28. The zero-order valence-electron chi connectivity index (χ0n) is 9.06. The number of Topliss-reactive ketones (excluding diaryl/α,β-unsaturated/α-hetero) is 1. The summed E-state index contributed by atoms with van der Waals surface area (Å²) in [7, 11) is 0. The predicted molar refractivity (Wildman–Crippen MR) is 57.9 cm³/mol. The Morgan fingerprint density at radius 2 is 2.20 bits per heavy atom. The van der Waals surface area contributed by atoms with E-state index in [1.807, 2.05) is 30.5 Å². The van der Waals surface area contributed by atoms with Crippen molar-refractivity contribution in [2.75, 3.05) is 0 Å². The zero-order valence-corrected chi connectivity index (χ0v) is 9.06. The Kier molecular flexibility index (Phi) is 2.26. The van der Waals surface area contributed by atoms with Crippen LogP contribution in [0.2, 0.25) is 0 Å². The number of hydrogen-bond acceptors (Lipinski definition) is 3. The van der Waals surface area contributed by atoms with Crippen molar-refractivity contribution in [2.45, 2.75) is 26.8 Å². The maximum absolute atomic E-state index is 11.4. The number of carbonyl (C=O) groups is 1. The third-order valence-corrected chi connectivity index (χ3v) is 2.28. The molecule has 0 N–H and O–H groups in total. The molecule has 0 radical (unpaired) electrons. The van der Waals surface area contributed by atoms with Gasteiger partial charge >= 0.3 is 0 Å². The highest BCUT2D eigenvalue weighted by molar-refractivity contribution is 5.94. The van der Waals surface area contributed by atoms with Crippen molar-refractivity contribution in [2.24, 2.45) is 0 Å². The minimum Gasteiger partial charge on any atom is -0.304 e. The van der Waals surface area contributed by atoms with Gasteiger partial charge in [0.15, 0.2) is 17.3 Å². The number of rotatable bonds is 2. The SMILES string of the molecule is CC(=O)c1nc2cccnc2n1C(C)C. The van der Waals surface area contributed by atoms with Crippen LogP contribution in [0.4, 0.5) is 0 Å². The Bertz CT molecular complexity index is 514. The van der Waals surface area contributed by atoms with Gasteiger partial charge in [0, 0.05) is 19.2 Å². The number of nitrogens with zero attached hydrogens (tertiary/aromatic N) is 3. The molecule has 4 nitrogen and oxygen atoms in total. The Morgan fingerprint density at radius 1 is 1.47 bits per heavy atom. The molecule has 0 aliphatic heterocycles. The Labute approximate surface area is 88.0 Å². The molecular formula is C11H13N3O. The van der Waals surface area contributed by atoms with Gasteiger partial charge in [-0.1, -0.05) is 0 Å². The van der Waals surface area contributed by atoms with Crippen molar-refractivity contribution < 1.29 is 4.79 Å². The summed E-state index contributed by atoms with van der Waals surface area (Å²) in [6.07, 6.45) is 1.72. The van der Waals surface area contributed by atoms with E-state index in [1.165, 1.54) is 6.92 Å². The molecule has 2 rings (SSSR count). The lowest BCUT2D eigenvalue weighted by Crippen LogP contribution is -2.10. The minimum atomic E-state index is -0.0262. The highest BCUT2D eigenvalue weighted by Gasteiger charge is 2.16. The van der Waals surface area contributed by atoms with E-state index < -0.39 is 0 Å². The van der Waals surface area contributed by atoms with Crippen molar-refractivity contribution in [3.8, 4) is 0 Å². The lowest BCUT2D eigenvalue weighted by Gasteiger charge is -2.09. The molecule has 0 aliphatic carbocycles. The molecule has 78 valence electrons. The van der Waals surface area contributed by atoms with Gasteiger partial charge in [-0.3, -0.25) is 4.79 Å². The quantitative estimate of drug-likeness (QED) is 0.703. The van der Waals surface area contributed by atoms with E-state index in [2.05, 4.69) is 9.97 Å². The summed E-state index contributed by atoms with van der Waals surface area (Å²) in [4.78, 5) is 20.0. The van der Waals surface area contributed by atoms with Gasteiger partial charge in [-0.2, -0.15) is 0 Å². The van der Waals surface area contributed by atoms with Crippen LogP contribution >= 0.6 is 0 Å². The molecule has 0 aromatic carbocycles. The Balaban J connectivity index is 2.80. The van der Waals surface area contributed by atoms with Crippen molar-refractivity contribution in [1.29, 1.82) is 0 Å². The molecule has 2 aromatic heterocycles. The number of hydrogen-bond donors (Lipinski definition) is 0. The standard InChI is InChI=1S/C11H13N3O/c1-7(2)14-10(8(3)15)13-9-5-4-6-12-11(9)14/h4-7H,1-3H3. The van der Waals surface area contributed by atoms with Crippen LogP contribution in [0.1, 0.15) is 37.4 Å². The van der Waals surface area contributed by atoms with Crippen molar-refractivity contribution in [1.82, 2.24) is 14.5 Å². The summed E-state index contributed by atoms with van der Waals surface area (Å²) in [6.45, 7) is 5.56. The summed E-state index contributed by atoms with van der Waals surface area (Å²) < 4.78 is 1.87. The van der Waals surface area contributed by atoms with Gasteiger partial charge in [0.25, 0.3) is 0 Å². The fraction of sp³-hybridized carbons (Fsp3) is 0.364. The van der Waals surface area contributed by atoms with Crippen molar-refractivity contribution >= 4 is 16.9 Å². The molecule has 0 unspecified atom stereocenters. The fourth-order valence-electron chi connectivity index (χ4n) is 1.67. The summed E-state index contributed by atoms with van der Waals surface area (Å²) in [6, 6.07) is 3.88. The molecule has 15 heavy (non-hydrogen) atoms. The Morgan fingerprint density at radius 3 is 2.80 bits per heavy atom. The summed E-state index contributed by atoms with van der Waals surface area (Å²) in [5.41, 5.74) is 1.55. The fourth-order valence-corrected chi connectivity index (χ4v) is 1.67. The van der Waals surface area contributed by atoms with Crippen LogP contribution in [-0.4, -0.2) is 20.3 Å². The summed E-state index contributed by atoms with van der Waals surface area (Å²) in [5, 5.41) is 0. The minimum absolute atomic E-state index is 0.0262. The van der Waals surface area contributed by atoms with Gasteiger partial charge in [-0.05, 0) is 26.0 Å². The van der Waals surface area contributed by atoms with Crippen LogP contribution in [0.15, 0.2) is 18.3 Å². The molecular weight excluding hydrogens is 190 g/mol. The molecule has 0 bridgehead atoms. The van der Waals surface area contributed by atoms with E-state index in [1.54, 1.807) is 6.20 Å². The first kappa shape index (κ1) is 9.83. The first-order chi connectivity index (χ1) is 7.11. The first-order valence-electron chi connectivity index (χ1n) is 4.95. The smallest absolute Gasteiger partial charge is 0.195 e. The maximum Gasteiger partial charge on any atom is 0.195 e. The van der Waals surface area contributed by atoms with E-state index in [0.717, 1.165) is 11.2 Å². The average molecular weight is 203 g/mol. The highest BCUT2D eigenvalue weighted by atomic mass is 16.1. The van der Waals surface area contributed by atoms with Crippen molar-refractivity contribution in [3.05, 3.63) is 24.2 Å². The largest absolute Gasteiger partial charge is 0.304 e. The normalized spacial score (nSPS) is 11.2. The lowest BCUT2D eigenvalue weighted by atomic mass is 10.3. The predicted octanol–water partition coefficient (Wildman–Crippen LogP) is 2.21. The number of imidazole rings is 1. The van der Waals surface area contributed by atoms with Crippen LogP contribution in [0.5, 0.6) is 0 Å². The van der Waals surface area contributed by atoms with E-state index in [4.69, 9.17) is 0 Å². The number of carbonyl (C=O) groups excluding carboxylic acids is 1. The van der Waals surface area contributed by atoms with Gasteiger partial charge in [-0.25, -0.2) is 9.97 Å². The molecule has 2 heterocycles. The maximum atomic E-state index is 11.4. The molecule has 0 atom stereocenters. The van der Waals surface area contributed by atoms with Gasteiger partial charge in [0.05, 0.1) is 0 Å². The number of pyridine rings is 1. The second-order valence-electron chi connectivity index (χ2n) is 3.80. The molecule has 0 aliphatic rings. The average Bonchev–Trinajstić information content (AvgIpc) is 2.56. The second kappa shape index (κ2) is 3.46. The summed E-state index contributed by atoms with van der Waals surface area (Å²) in [5.74, 6) is 0.459. The topological polar surface area (TPSA) is 47.8 Å². The van der Waals surface area contributed by atoms with Crippen molar-refractivity contribution in [3.63, 3.8) is 0 Å². The van der Waals surface area contributed by atoms with Crippen LogP contribution in [-0.2, 0) is 0 Å².